The fourth-order valence-electron chi connectivity index (χ4n) is 2.63. The molecule has 0 bridgehead atoms. The Morgan fingerprint density at radius 3 is 3.00 bits per heavy atom. The van der Waals surface area contributed by atoms with Crippen molar-refractivity contribution in [3.8, 4) is 5.88 Å². The molecule has 0 atom stereocenters. The molecule has 0 saturated heterocycles. The van der Waals surface area contributed by atoms with E-state index >= 15 is 0 Å². The second-order valence-electron chi connectivity index (χ2n) is 6.13. The number of nitrogens with zero attached hydrogens (tertiary/aromatic N) is 3. The van der Waals surface area contributed by atoms with Gasteiger partial charge < -0.3 is 9.64 Å². The van der Waals surface area contributed by atoms with Crippen molar-refractivity contribution in [2.75, 3.05) is 26.7 Å². The lowest BCUT2D eigenvalue weighted by atomic mass is 10.1. The first-order valence-electron chi connectivity index (χ1n) is 7.68. The lowest BCUT2D eigenvalue weighted by Crippen LogP contribution is -2.25. The number of alkyl halides is 1. The van der Waals surface area contributed by atoms with Gasteiger partial charge in [0.2, 0.25) is 0 Å². The highest BCUT2D eigenvalue weighted by Gasteiger charge is 2.41. The minimum atomic E-state index is -0.842. The van der Waals surface area contributed by atoms with Gasteiger partial charge in [0.25, 0.3) is 5.88 Å². The standard InChI is InChI=1S/C15H22FN3OS/c1-19-9-4-5-12(11-19)13-14(18-21-17-13)20-10-3-2-6-15(16)7-8-15/h5H,2-4,6-11H2,1H3. The van der Waals surface area contributed by atoms with Crippen LogP contribution in [0.1, 0.15) is 44.2 Å². The summed E-state index contributed by atoms with van der Waals surface area (Å²) in [5.74, 6) is 0.642. The zero-order chi connectivity index (χ0) is 14.7. The van der Waals surface area contributed by atoms with Gasteiger partial charge in [-0.1, -0.05) is 6.08 Å². The van der Waals surface area contributed by atoms with Gasteiger partial charge in [0.1, 0.15) is 11.4 Å². The summed E-state index contributed by atoms with van der Waals surface area (Å²) >= 11 is 1.19. The van der Waals surface area contributed by atoms with E-state index in [1.807, 2.05) is 0 Å². The van der Waals surface area contributed by atoms with Gasteiger partial charge in [0, 0.05) is 13.1 Å². The van der Waals surface area contributed by atoms with Crippen LogP contribution < -0.4 is 4.74 Å². The first kappa shape index (κ1) is 14.9. The summed E-state index contributed by atoms with van der Waals surface area (Å²) in [6.45, 7) is 2.58. The van der Waals surface area contributed by atoms with Crippen molar-refractivity contribution in [1.29, 1.82) is 0 Å². The average molecular weight is 311 g/mol. The molecule has 2 heterocycles. The van der Waals surface area contributed by atoms with E-state index in [1.54, 1.807) is 0 Å². The van der Waals surface area contributed by atoms with Crippen LogP contribution in [0.25, 0.3) is 5.57 Å². The fourth-order valence-corrected chi connectivity index (χ4v) is 3.17. The number of unbranched alkanes of at least 4 members (excludes halogenated alkanes) is 1. The Balaban J connectivity index is 1.47. The van der Waals surface area contributed by atoms with Crippen LogP contribution in [0.5, 0.6) is 5.88 Å². The normalized spacial score (nSPS) is 21.1. The maximum Gasteiger partial charge on any atom is 0.253 e. The van der Waals surface area contributed by atoms with E-state index in [-0.39, 0.29) is 0 Å². The molecule has 0 unspecified atom stereocenters. The molecule has 0 radical (unpaired) electrons. The van der Waals surface area contributed by atoms with Gasteiger partial charge >= 0.3 is 0 Å². The molecule has 1 aliphatic heterocycles. The Morgan fingerprint density at radius 1 is 1.38 bits per heavy atom. The van der Waals surface area contributed by atoms with Crippen molar-refractivity contribution in [2.45, 2.75) is 44.2 Å². The lowest BCUT2D eigenvalue weighted by Gasteiger charge is -2.22. The Hall–Kier alpha value is -1.01. The number of ether oxygens (including phenoxy) is 1. The van der Waals surface area contributed by atoms with Crippen LogP contribution in [0.4, 0.5) is 4.39 Å². The number of likely N-dealkylation sites (N-methyl/N-ethyl adjacent to an activating group) is 1. The highest BCUT2D eigenvalue weighted by molar-refractivity contribution is 6.99. The van der Waals surface area contributed by atoms with Crippen LogP contribution in [-0.4, -0.2) is 46.1 Å². The number of halogens is 1. The van der Waals surface area contributed by atoms with Crippen molar-refractivity contribution < 1.29 is 9.13 Å². The molecule has 1 saturated carbocycles. The van der Waals surface area contributed by atoms with Crippen molar-refractivity contribution in [3.05, 3.63) is 11.8 Å². The summed E-state index contributed by atoms with van der Waals surface area (Å²) in [4.78, 5) is 2.27. The van der Waals surface area contributed by atoms with Crippen LogP contribution in [-0.2, 0) is 0 Å². The third-order valence-electron chi connectivity index (χ3n) is 4.15. The van der Waals surface area contributed by atoms with Crippen molar-refractivity contribution >= 4 is 17.3 Å². The van der Waals surface area contributed by atoms with Crippen LogP contribution in [0.2, 0.25) is 0 Å². The van der Waals surface area contributed by atoms with Gasteiger partial charge in [-0.2, -0.15) is 4.37 Å². The quantitative estimate of drug-likeness (QED) is 0.724. The summed E-state index contributed by atoms with van der Waals surface area (Å²) < 4.78 is 27.8. The maximum atomic E-state index is 13.5. The minimum Gasteiger partial charge on any atom is -0.475 e. The molecule has 1 aliphatic carbocycles. The third kappa shape index (κ3) is 4.01. The predicted molar refractivity (Wildman–Crippen MR) is 82.4 cm³/mol. The predicted octanol–water partition coefficient (Wildman–Crippen LogP) is 3.31. The molecular weight excluding hydrogens is 289 g/mol. The van der Waals surface area contributed by atoms with E-state index < -0.39 is 5.67 Å². The summed E-state index contributed by atoms with van der Waals surface area (Å²) in [7, 11) is 2.11. The second kappa shape index (κ2) is 6.40. The Kier molecular flexibility index (Phi) is 4.54. The highest BCUT2D eigenvalue weighted by atomic mass is 32.1. The number of hydrogen-bond acceptors (Lipinski definition) is 5. The summed E-state index contributed by atoms with van der Waals surface area (Å²) in [6.07, 6.45) is 7.20. The molecule has 2 aliphatic rings. The largest absolute Gasteiger partial charge is 0.475 e. The van der Waals surface area contributed by atoms with Gasteiger partial charge in [-0.15, -0.1) is 4.37 Å². The monoisotopic (exact) mass is 311 g/mol. The molecular formula is C15H22FN3OS. The van der Waals surface area contributed by atoms with Crippen LogP contribution >= 0.6 is 11.7 Å². The van der Waals surface area contributed by atoms with Gasteiger partial charge in [-0.05, 0) is 51.1 Å². The molecule has 0 aromatic carbocycles. The molecule has 3 rings (SSSR count). The highest BCUT2D eigenvalue weighted by Crippen LogP contribution is 2.43. The summed E-state index contributed by atoms with van der Waals surface area (Å²) in [5.41, 5.74) is 1.24. The molecule has 1 fully saturated rings. The second-order valence-corrected chi connectivity index (χ2v) is 6.66. The first-order valence-corrected chi connectivity index (χ1v) is 8.42. The molecule has 0 spiro atoms. The molecule has 6 heteroatoms. The van der Waals surface area contributed by atoms with Crippen LogP contribution in [0.3, 0.4) is 0 Å². The van der Waals surface area contributed by atoms with Gasteiger partial charge in [0.15, 0.2) is 0 Å². The first-order chi connectivity index (χ1) is 10.2. The summed E-state index contributed by atoms with van der Waals surface area (Å²) in [6, 6.07) is 0. The maximum absolute atomic E-state index is 13.5. The smallest absolute Gasteiger partial charge is 0.253 e. The number of aromatic nitrogens is 2. The van der Waals surface area contributed by atoms with Gasteiger partial charge in [0.05, 0.1) is 18.3 Å². The Bertz CT molecular complexity index is 513. The topological polar surface area (TPSA) is 38.2 Å². The number of hydrogen-bond donors (Lipinski definition) is 0. The molecule has 0 N–H and O–H groups in total. The molecule has 116 valence electrons. The number of rotatable bonds is 7. The Morgan fingerprint density at radius 2 is 2.24 bits per heavy atom. The van der Waals surface area contributed by atoms with E-state index in [1.165, 1.54) is 17.3 Å². The molecule has 21 heavy (non-hydrogen) atoms. The molecule has 0 amide bonds. The van der Waals surface area contributed by atoms with E-state index in [9.17, 15) is 4.39 Å². The van der Waals surface area contributed by atoms with Crippen molar-refractivity contribution in [2.24, 2.45) is 0 Å². The van der Waals surface area contributed by atoms with E-state index in [4.69, 9.17) is 4.74 Å². The fraction of sp³-hybridized carbons (Fsp3) is 0.733. The average Bonchev–Trinajstić information content (AvgIpc) is 3.01. The molecule has 4 nitrogen and oxygen atoms in total. The van der Waals surface area contributed by atoms with Crippen molar-refractivity contribution in [1.82, 2.24) is 13.6 Å². The zero-order valence-electron chi connectivity index (χ0n) is 12.5. The van der Waals surface area contributed by atoms with Crippen LogP contribution in [0, 0.1) is 0 Å². The third-order valence-corrected chi connectivity index (χ3v) is 4.67. The minimum absolute atomic E-state index is 0.595. The van der Waals surface area contributed by atoms with Crippen molar-refractivity contribution in [3.63, 3.8) is 0 Å². The summed E-state index contributed by atoms with van der Waals surface area (Å²) in [5, 5.41) is 0. The Labute approximate surface area is 129 Å². The SMILES string of the molecule is CN1CCC=C(c2nsnc2OCCCCC2(F)CC2)C1. The van der Waals surface area contributed by atoms with Gasteiger partial charge in [-0.25, -0.2) is 4.39 Å². The van der Waals surface area contributed by atoms with E-state index in [2.05, 4.69) is 26.8 Å². The molecule has 1 aromatic rings. The zero-order valence-corrected chi connectivity index (χ0v) is 13.3. The van der Waals surface area contributed by atoms with Gasteiger partial charge in [-0.3, -0.25) is 0 Å². The van der Waals surface area contributed by atoms with E-state index in [0.717, 1.165) is 50.9 Å². The molecule has 1 aromatic heterocycles. The lowest BCUT2D eigenvalue weighted by molar-refractivity contribution is 0.256. The van der Waals surface area contributed by atoms with E-state index in [0.29, 0.717) is 18.9 Å². The van der Waals surface area contributed by atoms with Crippen LogP contribution in [0.15, 0.2) is 6.08 Å².